The van der Waals surface area contributed by atoms with E-state index in [-0.39, 0.29) is 17.9 Å². The molecule has 220 valence electrons. The molecule has 42 heavy (non-hydrogen) atoms. The molecule has 0 radical (unpaired) electrons. The zero-order valence-electron chi connectivity index (χ0n) is 23.7. The van der Waals surface area contributed by atoms with Crippen molar-refractivity contribution in [1.29, 1.82) is 0 Å². The van der Waals surface area contributed by atoms with Gasteiger partial charge in [-0.2, -0.15) is 0 Å². The lowest BCUT2D eigenvalue weighted by Gasteiger charge is -2.26. The molecule has 0 N–H and O–H groups in total. The zero-order valence-corrected chi connectivity index (χ0v) is 26.1. The summed E-state index contributed by atoms with van der Waals surface area (Å²) in [5.74, 6) is 6.36. The normalized spacial score (nSPS) is 16.7. The number of hydrogen-bond donors (Lipinski definition) is 0. The van der Waals surface area contributed by atoms with Gasteiger partial charge < -0.3 is 9.47 Å². The number of amides is 2. The van der Waals surface area contributed by atoms with E-state index in [0.717, 1.165) is 16.0 Å². The summed E-state index contributed by atoms with van der Waals surface area (Å²) in [6.07, 6.45) is 0.549. The molecule has 0 bridgehead atoms. The minimum Gasteiger partial charge on any atom is -0.494 e. The summed E-state index contributed by atoms with van der Waals surface area (Å²) in [5, 5.41) is -0.0207. The van der Waals surface area contributed by atoms with E-state index in [1.165, 1.54) is 12.1 Å². The molecular formula is C32H32ClNO6S2. The van der Waals surface area contributed by atoms with Crippen molar-refractivity contribution >= 4 is 44.3 Å². The van der Waals surface area contributed by atoms with Crippen LogP contribution in [0, 0.1) is 18.8 Å². The molecule has 0 aromatic heterocycles. The Morgan fingerprint density at radius 1 is 0.952 bits per heavy atom. The smallest absolute Gasteiger partial charge is 0.290 e. The van der Waals surface area contributed by atoms with Crippen molar-refractivity contribution in [2.45, 2.75) is 55.6 Å². The lowest BCUT2D eigenvalue weighted by atomic mass is 10.1. The van der Waals surface area contributed by atoms with Gasteiger partial charge in [-0.15, -0.1) is 0 Å². The fourth-order valence-corrected chi connectivity index (χ4v) is 8.20. The Hall–Kier alpha value is -3.45. The number of halogens is 1. The number of sulfone groups is 1. The van der Waals surface area contributed by atoms with Crippen molar-refractivity contribution in [3.05, 3.63) is 88.4 Å². The predicted molar refractivity (Wildman–Crippen MR) is 166 cm³/mol. The summed E-state index contributed by atoms with van der Waals surface area (Å²) in [6.45, 7) is 6.24. The van der Waals surface area contributed by atoms with Crippen LogP contribution in [0.5, 0.6) is 11.5 Å². The largest absolute Gasteiger partial charge is 0.494 e. The zero-order chi connectivity index (χ0) is 30.3. The highest BCUT2D eigenvalue weighted by atomic mass is 35.5. The molecular weight excluding hydrogens is 594 g/mol. The van der Waals surface area contributed by atoms with Crippen molar-refractivity contribution in [3.8, 4) is 23.3 Å². The van der Waals surface area contributed by atoms with Crippen molar-refractivity contribution in [3.63, 3.8) is 0 Å². The van der Waals surface area contributed by atoms with E-state index in [0.29, 0.717) is 59.9 Å². The second kappa shape index (κ2) is 13.7. The van der Waals surface area contributed by atoms with Crippen molar-refractivity contribution in [2.24, 2.45) is 0 Å². The van der Waals surface area contributed by atoms with Gasteiger partial charge >= 0.3 is 0 Å². The van der Waals surface area contributed by atoms with Gasteiger partial charge in [-0.3, -0.25) is 14.5 Å². The average Bonchev–Trinajstić information content (AvgIpc) is 3.21. The van der Waals surface area contributed by atoms with Gasteiger partial charge in [0.1, 0.15) is 11.5 Å². The molecule has 1 aliphatic heterocycles. The van der Waals surface area contributed by atoms with Crippen LogP contribution < -0.4 is 9.47 Å². The SMILES string of the molecule is CCOc1ccc(CN2C(=O)SC(CCCC#Cc3ccc(Cl)cc3)(S(=O)(=O)c3ccc(C)cc3)C2=O)c(OCC)c1. The van der Waals surface area contributed by atoms with Crippen LogP contribution in [0.15, 0.2) is 71.6 Å². The molecule has 1 saturated heterocycles. The lowest BCUT2D eigenvalue weighted by molar-refractivity contribution is -0.128. The first kappa shape index (κ1) is 31.5. The number of carbonyl (C=O) groups is 2. The molecule has 1 heterocycles. The van der Waals surface area contributed by atoms with Crippen molar-refractivity contribution in [1.82, 2.24) is 4.90 Å². The van der Waals surface area contributed by atoms with E-state index < -0.39 is 25.1 Å². The molecule has 7 nitrogen and oxygen atoms in total. The fourth-order valence-electron chi connectivity index (χ4n) is 4.52. The number of nitrogens with zero attached hydrogens (tertiary/aromatic N) is 1. The molecule has 0 saturated carbocycles. The number of hydrogen-bond acceptors (Lipinski definition) is 7. The standard InChI is InChI=1S/C32H32ClNO6S2/c1-4-39-27-17-14-25(29(21-27)40-5-2)22-34-30(35)32(41-31(34)36,42(37,38)28-18-10-23(3)11-19-28)20-8-6-7-9-24-12-15-26(33)16-13-24/h10-19,21H,4-6,8,20,22H2,1-3H3. The molecule has 1 fully saturated rings. The summed E-state index contributed by atoms with van der Waals surface area (Å²) in [5.41, 5.74) is 2.22. The molecule has 1 unspecified atom stereocenters. The van der Waals surface area contributed by atoms with Crippen molar-refractivity contribution < 1.29 is 27.5 Å². The number of carbonyl (C=O) groups excluding carboxylic acids is 2. The fraction of sp³-hybridized carbons (Fsp3) is 0.312. The number of aryl methyl sites for hydroxylation is 1. The molecule has 4 rings (SSSR count). The van der Waals surface area contributed by atoms with Crippen LogP contribution in [0.3, 0.4) is 0 Å². The third-order valence-electron chi connectivity index (χ3n) is 6.67. The summed E-state index contributed by atoms with van der Waals surface area (Å²) in [4.78, 5) is 28.5. The summed E-state index contributed by atoms with van der Waals surface area (Å²) in [6, 6.07) is 18.5. The van der Waals surface area contributed by atoms with Gasteiger partial charge in [-0.05, 0) is 93.9 Å². The third kappa shape index (κ3) is 6.78. The average molecular weight is 626 g/mol. The van der Waals surface area contributed by atoms with Crippen molar-refractivity contribution in [2.75, 3.05) is 13.2 Å². The first-order valence-electron chi connectivity index (χ1n) is 13.6. The summed E-state index contributed by atoms with van der Waals surface area (Å²) >= 11 is 6.50. The van der Waals surface area contributed by atoms with Gasteiger partial charge in [0.25, 0.3) is 11.1 Å². The molecule has 10 heteroatoms. The van der Waals surface area contributed by atoms with E-state index in [4.69, 9.17) is 21.1 Å². The third-order valence-corrected chi connectivity index (χ3v) is 11.1. The highest BCUT2D eigenvalue weighted by Crippen LogP contribution is 2.48. The number of rotatable bonds is 11. The van der Waals surface area contributed by atoms with Gasteiger partial charge in [0.15, 0.2) is 0 Å². The monoisotopic (exact) mass is 625 g/mol. The Bertz CT molecular complexity index is 1610. The van der Waals surface area contributed by atoms with Gasteiger partial charge in [-0.1, -0.05) is 41.1 Å². The minimum absolute atomic E-state index is 0.00748. The quantitative estimate of drug-likeness (QED) is 0.167. The van der Waals surface area contributed by atoms with Gasteiger partial charge in [0.2, 0.25) is 13.9 Å². The molecule has 3 aromatic carbocycles. The van der Waals surface area contributed by atoms with E-state index in [9.17, 15) is 18.0 Å². The maximum Gasteiger partial charge on any atom is 0.290 e. The van der Waals surface area contributed by atoms with Crippen LogP contribution in [0.25, 0.3) is 0 Å². The highest BCUT2D eigenvalue weighted by molar-refractivity contribution is 8.25. The minimum atomic E-state index is -4.27. The Morgan fingerprint density at radius 2 is 1.64 bits per heavy atom. The number of unbranched alkanes of at least 4 members (excludes halogenated alkanes) is 1. The van der Waals surface area contributed by atoms with Gasteiger partial charge in [0, 0.05) is 28.6 Å². The van der Waals surface area contributed by atoms with Crippen LogP contribution in [-0.2, 0) is 21.2 Å². The van der Waals surface area contributed by atoms with Crippen LogP contribution in [0.1, 0.15) is 49.8 Å². The van der Waals surface area contributed by atoms with E-state index in [2.05, 4.69) is 11.8 Å². The van der Waals surface area contributed by atoms with Crippen LogP contribution in [0.2, 0.25) is 5.02 Å². The van der Waals surface area contributed by atoms with Crippen LogP contribution in [0.4, 0.5) is 4.79 Å². The topological polar surface area (TPSA) is 90.0 Å². The molecule has 3 aromatic rings. The second-order valence-electron chi connectivity index (χ2n) is 9.63. The lowest BCUT2D eigenvalue weighted by Crippen LogP contribution is -2.45. The van der Waals surface area contributed by atoms with E-state index in [1.807, 2.05) is 20.8 Å². The molecule has 1 atom stereocenters. The second-order valence-corrected chi connectivity index (χ2v) is 13.7. The Labute approximate surface area is 256 Å². The first-order valence-corrected chi connectivity index (χ1v) is 16.3. The Balaban J connectivity index is 1.64. The van der Waals surface area contributed by atoms with Gasteiger partial charge in [-0.25, -0.2) is 8.42 Å². The number of thioether (sulfide) groups is 1. The number of ether oxygens (including phenoxy) is 2. The number of benzene rings is 3. The number of imide groups is 1. The van der Waals surface area contributed by atoms with Crippen LogP contribution >= 0.6 is 23.4 Å². The molecule has 1 aliphatic rings. The predicted octanol–water partition coefficient (Wildman–Crippen LogP) is 7.03. The maximum atomic E-state index is 14.1. The van der Waals surface area contributed by atoms with Gasteiger partial charge in [0.05, 0.1) is 24.7 Å². The first-order chi connectivity index (χ1) is 20.1. The highest BCUT2D eigenvalue weighted by Gasteiger charge is 2.61. The Kier molecular flexibility index (Phi) is 10.3. The summed E-state index contributed by atoms with van der Waals surface area (Å²) < 4.78 is 37.5. The molecule has 0 spiro atoms. The summed E-state index contributed by atoms with van der Waals surface area (Å²) in [7, 11) is -4.27. The molecule has 2 amide bonds. The van der Waals surface area contributed by atoms with E-state index >= 15 is 0 Å². The van der Waals surface area contributed by atoms with Crippen LogP contribution in [-0.4, -0.2) is 41.8 Å². The molecule has 0 aliphatic carbocycles. The van der Waals surface area contributed by atoms with E-state index in [1.54, 1.807) is 54.6 Å². The maximum absolute atomic E-state index is 14.1. The Morgan fingerprint density at radius 3 is 2.31 bits per heavy atom.